The van der Waals surface area contributed by atoms with Crippen molar-refractivity contribution in [3.63, 3.8) is 0 Å². The third kappa shape index (κ3) is 1.73. The lowest BCUT2D eigenvalue weighted by atomic mass is 9.89. The van der Waals surface area contributed by atoms with Gasteiger partial charge in [0.1, 0.15) is 5.69 Å². The lowest BCUT2D eigenvalue weighted by Crippen LogP contribution is -2.39. The van der Waals surface area contributed by atoms with Crippen molar-refractivity contribution in [2.45, 2.75) is 20.3 Å². The second kappa shape index (κ2) is 4.39. The first kappa shape index (κ1) is 11.7. The van der Waals surface area contributed by atoms with Gasteiger partial charge in [-0.15, -0.1) is 11.3 Å². The van der Waals surface area contributed by atoms with Gasteiger partial charge in [0.25, 0.3) is 0 Å². The highest BCUT2D eigenvalue weighted by molar-refractivity contribution is 7.15. The molecule has 3 heterocycles. The van der Waals surface area contributed by atoms with Crippen LogP contribution in [0.15, 0.2) is 11.6 Å². The lowest BCUT2D eigenvalue weighted by molar-refractivity contribution is 0.111. The maximum Gasteiger partial charge on any atom is 0.196 e. The maximum absolute atomic E-state index is 11.3. The van der Waals surface area contributed by atoms with Crippen molar-refractivity contribution in [1.82, 2.24) is 9.38 Å². The molecule has 0 saturated carbocycles. The number of carbonyl (C=O) groups excluding carboxylic acids is 1. The Balaban J connectivity index is 1.98. The molecule has 5 heteroatoms. The Morgan fingerprint density at radius 1 is 1.44 bits per heavy atom. The molecule has 0 radical (unpaired) electrons. The summed E-state index contributed by atoms with van der Waals surface area (Å²) in [6.45, 7) is 6.56. The van der Waals surface area contributed by atoms with E-state index in [1.54, 1.807) is 11.3 Å². The number of carbonyl (C=O) groups is 1. The Kier molecular flexibility index (Phi) is 2.86. The highest BCUT2D eigenvalue weighted by Gasteiger charge is 2.26. The molecule has 2 unspecified atom stereocenters. The topological polar surface area (TPSA) is 37.6 Å². The van der Waals surface area contributed by atoms with Gasteiger partial charge in [0.05, 0.1) is 0 Å². The summed E-state index contributed by atoms with van der Waals surface area (Å²) < 4.78 is 1.88. The van der Waals surface area contributed by atoms with Crippen LogP contribution >= 0.6 is 11.3 Å². The van der Waals surface area contributed by atoms with Crippen LogP contribution in [0.4, 0.5) is 5.82 Å². The number of aldehydes is 1. The minimum atomic E-state index is 0.651. The number of thiazole rings is 1. The number of piperidine rings is 1. The van der Waals surface area contributed by atoms with Crippen molar-refractivity contribution in [3.05, 3.63) is 17.3 Å². The van der Waals surface area contributed by atoms with Gasteiger partial charge in [-0.1, -0.05) is 13.8 Å². The van der Waals surface area contributed by atoms with E-state index in [2.05, 4.69) is 23.7 Å². The maximum atomic E-state index is 11.3. The van der Waals surface area contributed by atoms with Crippen LogP contribution in [0.3, 0.4) is 0 Å². The summed E-state index contributed by atoms with van der Waals surface area (Å²) in [4.78, 5) is 19.1. The fourth-order valence-electron chi connectivity index (χ4n) is 2.59. The minimum Gasteiger partial charge on any atom is -0.354 e. The summed E-state index contributed by atoms with van der Waals surface area (Å²) in [5, 5.41) is 1.96. The fourth-order valence-corrected chi connectivity index (χ4v) is 3.31. The van der Waals surface area contributed by atoms with Gasteiger partial charge < -0.3 is 4.90 Å². The third-order valence-electron chi connectivity index (χ3n) is 4.02. The molecule has 0 bridgehead atoms. The van der Waals surface area contributed by atoms with Gasteiger partial charge in [-0.3, -0.25) is 9.20 Å². The number of fused-ring (bicyclic) bond motifs is 1. The SMILES string of the molecule is CC1CCN(c2nc3sccn3c2C=O)CC1C. The van der Waals surface area contributed by atoms with E-state index in [0.717, 1.165) is 36.1 Å². The summed E-state index contributed by atoms with van der Waals surface area (Å²) in [5.74, 6) is 2.26. The number of anilines is 1. The Morgan fingerprint density at radius 2 is 2.28 bits per heavy atom. The molecule has 1 aliphatic rings. The predicted octanol–water partition coefficient (Wildman–Crippen LogP) is 2.69. The van der Waals surface area contributed by atoms with Crippen LogP contribution in [-0.2, 0) is 0 Å². The van der Waals surface area contributed by atoms with Gasteiger partial charge >= 0.3 is 0 Å². The molecule has 0 spiro atoms. The van der Waals surface area contributed by atoms with Crippen LogP contribution in [0.25, 0.3) is 4.96 Å². The van der Waals surface area contributed by atoms with Crippen LogP contribution < -0.4 is 4.90 Å². The van der Waals surface area contributed by atoms with Crippen molar-refractivity contribution in [2.24, 2.45) is 11.8 Å². The van der Waals surface area contributed by atoms with E-state index in [-0.39, 0.29) is 0 Å². The highest BCUT2D eigenvalue weighted by atomic mass is 32.1. The highest BCUT2D eigenvalue weighted by Crippen LogP contribution is 2.29. The van der Waals surface area contributed by atoms with Gasteiger partial charge in [0.2, 0.25) is 0 Å². The van der Waals surface area contributed by atoms with E-state index < -0.39 is 0 Å². The Hall–Kier alpha value is -1.36. The first-order chi connectivity index (χ1) is 8.70. The van der Waals surface area contributed by atoms with Gasteiger partial charge in [0, 0.05) is 24.7 Å². The van der Waals surface area contributed by atoms with Crippen LogP contribution in [0.5, 0.6) is 0 Å². The molecule has 0 amide bonds. The zero-order valence-corrected chi connectivity index (χ0v) is 11.5. The van der Waals surface area contributed by atoms with Gasteiger partial charge in [-0.25, -0.2) is 4.98 Å². The normalized spacial score (nSPS) is 24.7. The van der Waals surface area contributed by atoms with Gasteiger partial charge in [0.15, 0.2) is 17.1 Å². The Morgan fingerprint density at radius 3 is 3.00 bits per heavy atom. The average Bonchev–Trinajstić information content (AvgIpc) is 2.92. The van der Waals surface area contributed by atoms with Crippen molar-refractivity contribution >= 4 is 28.4 Å². The van der Waals surface area contributed by atoms with Crippen LogP contribution in [-0.4, -0.2) is 28.8 Å². The molecule has 18 heavy (non-hydrogen) atoms. The average molecular weight is 263 g/mol. The zero-order valence-electron chi connectivity index (χ0n) is 10.7. The first-order valence-electron chi connectivity index (χ1n) is 6.36. The van der Waals surface area contributed by atoms with E-state index in [1.165, 1.54) is 6.42 Å². The van der Waals surface area contributed by atoms with Gasteiger partial charge in [-0.05, 0) is 18.3 Å². The Labute approximate surface area is 110 Å². The third-order valence-corrected chi connectivity index (χ3v) is 4.78. The number of aromatic nitrogens is 2. The number of hydrogen-bond donors (Lipinski definition) is 0. The molecule has 0 aliphatic carbocycles. The molecular formula is C13H17N3OS. The Bertz CT molecular complexity index is 574. The number of hydrogen-bond acceptors (Lipinski definition) is 4. The van der Waals surface area contributed by atoms with Crippen molar-refractivity contribution < 1.29 is 4.79 Å². The number of nitrogens with zero attached hydrogens (tertiary/aromatic N) is 3. The predicted molar refractivity (Wildman–Crippen MR) is 73.6 cm³/mol. The van der Waals surface area contributed by atoms with E-state index in [4.69, 9.17) is 0 Å². The van der Waals surface area contributed by atoms with Crippen LogP contribution in [0.1, 0.15) is 30.8 Å². The standard InChI is InChI=1S/C13H17N3OS/c1-9-3-4-15(7-10(9)2)12-11(8-17)16-5-6-18-13(16)14-12/h5-6,8-10H,3-4,7H2,1-2H3. The van der Waals surface area contributed by atoms with E-state index >= 15 is 0 Å². The summed E-state index contributed by atoms with van der Waals surface area (Å²) in [7, 11) is 0. The largest absolute Gasteiger partial charge is 0.354 e. The van der Waals surface area contributed by atoms with Crippen molar-refractivity contribution in [3.8, 4) is 0 Å². The number of imidazole rings is 1. The quantitative estimate of drug-likeness (QED) is 0.782. The van der Waals surface area contributed by atoms with E-state index in [9.17, 15) is 4.79 Å². The molecule has 3 rings (SSSR count). The molecular weight excluding hydrogens is 246 g/mol. The monoisotopic (exact) mass is 263 g/mol. The smallest absolute Gasteiger partial charge is 0.196 e. The molecule has 0 aromatic carbocycles. The minimum absolute atomic E-state index is 0.651. The molecule has 1 saturated heterocycles. The van der Waals surface area contributed by atoms with Crippen molar-refractivity contribution in [1.29, 1.82) is 0 Å². The molecule has 96 valence electrons. The summed E-state index contributed by atoms with van der Waals surface area (Å²) in [6, 6.07) is 0. The molecule has 2 aromatic heterocycles. The summed E-state index contributed by atoms with van der Waals surface area (Å²) in [6.07, 6.45) is 4.01. The van der Waals surface area contributed by atoms with Crippen LogP contribution in [0.2, 0.25) is 0 Å². The van der Waals surface area contributed by atoms with E-state index in [1.807, 2.05) is 16.0 Å². The zero-order chi connectivity index (χ0) is 12.7. The number of rotatable bonds is 2. The second-order valence-electron chi connectivity index (χ2n) is 5.18. The van der Waals surface area contributed by atoms with Crippen molar-refractivity contribution in [2.75, 3.05) is 18.0 Å². The molecule has 2 atom stereocenters. The lowest BCUT2D eigenvalue weighted by Gasteiger charge is -2.35. The first-order valence-corrected chi connectivity index (χ1v) is 7.24. The molecule has 1 fully saturated rings. The molecule has 2 aromatic rings. The summed E-state index contributed by atoms with van der Waals surface area (Å²) in [5.41, 5.74) is 0.688. The molecule has 4 nitrogen and oxygen atoms in total. The second-order valence-corrected chi connectivity index (χ2v) is 6.06. The van der Waals surface area contributed by atoms with Crippen LogP contribution in [0, 0.1) is 11.8 Å². The summed E-state index contributed by atoms with van der Waals surface area (Å²) >= 11 is 1.57. The fraction of sp³-hybridized carbons (Fsp3) is 0.538. The molecule has 1 aliphatic heterocycles. The molecule has 0 N–H and O–H groups in total. The van der Waals surface area contributed by atoms with Gasteiger partial charge in [-0.2, -0.15) is 0 Å². The van der Waals surface area contributed by atoms with E-state index in [0.29, 0.717) is 11.6 Å².